The molecule has 0 N–H and O–H groups in total. The second-order valence-electron chi connectivity index (χ2n) is 7.74. The highest BCUT2D eigenvalue weighted by molar-refractivity contribution is 5.95. The predicted molar refractivity (Wildman–Crippen MR) is 117 cm³/mol. The van der Waals surface area contributed by atoms with Crippen molar-refractivity contribution in [1.82, 2.24) is 24.8 Å². The molecule has 8 heteroatoms. The molecule has 0 radical (unpaired) electrons. The Kier molecular flexibility index (Phi) is 6.81. The lowest BCUT2D eigenvalue weighted by Gasteiger charge is -2.24. The van der Waals surface area contributed by atoms with Crippen LogP contribution in [0.25, 0.3) is 0 Å². The molecular formula is C24H25N5O3. The zero-order chi connectivity index (χ0) is 22.3. The van der Waals surface area contributed by atoms with Crippen LogP contribution in [0.4, 0.5) is 0 Å². The number of benzene rings is 1. The molecule has 0 spiro atoms. The van der Waals surface area contributed by atoms with Crippen molar-refractivity contribution in [2.75, 3.05) is 19.6 Å². The van der Waals surface area contributed by atoms with Gasteiger partial charge in [0.1, 0.15) is 12.2 Å². The van der Waals surface area contributed by atoms with Gasteiger partial charge >= 0.3 is 0 Å². The molecule has 1 aliphatic rings. The summed E-state index contributed by atoms with van der Waals surface area (Å²) in [5.41, 5.74) is 2.75. The minimum atomic E-state index is -0.366. The third-order valence-corrected chi connectivity index (χ3v) is 5.22. The molecule has 32 heavy (non-hydrogen) atoms. The number of amides is 2. The Morgan fingerprint density at radius 1 is 1.03 bits per heavy atom. The molecule has 8 nitrogen and oxygen atoms in total. The van der Waals surface area contributed by atoms with Crippen LogP contribution in [0.15, 0.2) is 67.1 Å². The summed E-state index contributed by atoms with van der Waals surface area (Å²) in [5, 5.41) is 0. The average molecular weight is 431 g/mol. The fraction of sp³-hybridized carbons (Fsp3) is 0.292. The molecule has 2 aromatic heterocycles. The van der Waals surface area contributed by atoms with E-state index in [1.807, 2.05) is 48.5 Å². The number of carbonyl (C=O) groups excluding carboxylic acids is 2. The number of aryl methyl sites for hydroxylation is 1. The SMILES string of the molecule is Cc1cnc(C(=O)N2CC(=O)N(Cc3ccccc3)C[C@H](OCc3ccccn3)C2)cn1. The van der Waals surface area contributed by atoms with E-state index in [1.54, 1.807) is 24.2 Å². The lowest BCUT2D eigenvalue weighted by Crippen LogP contribution is -2.40. The number of ether oxygens (including phenoxy) is 1. The van der Waals surface area contributed by atoms with E-state index < -0.39 is 0 Å². The molecule has 0 aliphatic carbocycles. The van der Waals surface area contributed by atoms with E-state index in [-0.39, 0.29) is 36.7 Å². The number of nitrogens with zero attached hydrogens (tertiary/aromatic N) is 5. The van der Waals surface area contributed by atoms with Gasteiger partial charge in [0.05, 0.1) is 30.3 Å². The van der Waals surface area contributed by atoms with E-state index >= 15 is 0 Å². The first-order valence-electron chi connectivity index (χ1n) is 10.5. The van der Waals surface area contributed by atoms with E-state index in [0.717, 1.165) is 17.0 Å². The monoisotopic (exact) mass is 431 g/mol. The van der Waals surface area contributed by atoms with Gasteiger partial charge in [-0.15, -0.1) is 0 Å². The van der Waals surface area contributed by atoms with Gasteiger partial charge in [0, 0.05) is 32.0 Å². The summed E-state index contributed by atoms with van der Waals surface area (Å²) in [6.07, 6.45) is 4.33. The number of hydrogen-bond acceptors (Lipinski definition) is 6. The van der Waals surface area contributed by atoms with Crippen molar-refractivity contribution in [2.45, 2.75) is 26.2 Å². The lowest BCUT2D eigenvalue weighted by atomic mass is 10.2. The maximum atomic E-state index is 13.1. The zero-order valence-corrected chi connectivity index (χ0v) is 17.9. The van der Waals surface area contributed by atoms with Gasteiger partial charge in [-0.2, -0.15) is 0 Å². The van der Waals surface area contributed by atoms with Crippen LogP contribution >= 0.6 is 0 Å². The van der Waals surface area contributed by atoms with Crippen LogP contribution in [0.2, 0.25) is 0 Å². The molecular weight excluding hydrogens is 406 g/mol. The third-order valence-electron chi connectivity index (χ3n) is 5.22. The van der Waals surface area contributed by atoms with Crippen LogP contribution in [0, 0.1) is 6.92 Å². The summed E-state index contributed by atoms with van der Waals surface area (Å²) < 4.78 is 6.11. The van der Waals surface area contributed by atoms with Crippen molar-refractivity contribution in [3.05, 3.63) is 89.8 Å². The van der Waals surface area contributed by atoms with Gasteiger partial charge in [0.25, 0.3) is 5.91 Å². The normalized spacial score (nSPS) is 16.7. The van der Waals surface area contributed by atoms with E-state index in [1.165, 1.54) is 11.1 Å². The summed E-state index contributed by atoms with van der Waals surface area (Å²) in [5.74, 6) is -0.468. The number of hydrogen-bond donors (Lipinski definition) is 0. The van der Waals surface area contributed by atoms with Crippen LogP contribution in [-0.4, -0.2) is 62.3 Å². The van der Waals surface area contributed by atoms with Crippen molar-refractivity contribution in [1.29, 1.82) is 0 Å². The molecule has 1 saturated heterocycles. The molecule has 164 valence electrons. The molecule has 0 saturated carbocycles. The molecule has 1 atom stereocenters. The molecule has 1 aliphatic heterocycles. The van der Waals surface area contributed by atoms with Crippen LogP contribution in [-0.2, 0) is 22.7 Å². The highest BCUT2D eigenvalue weighted by atomic mass is 16.5. The number of pyridine rings is 1. The lowest BCUT2D eigenvalue weighted by molar-refractivity contribution is -0.132. The van der Waals surface area contributed by atoms with Crippen molar-refractivity contribution in [3.8, 4) is 0 Å². The van der Waals surface area contributed by atoms with Crippen LogP contribution in [0.5, 0.6) is 0 Å². The fourth-order valence-corrected chi connectivity index (χ4v) is 3.55. The summed E-state index contributed by atoms with van der Waals surface area (Å²) in [6, 6.07) is 15.4. The van der Waals surface area contributed by atoms with E-state index in [4.69, 9.17) is 4.74 Å². The van der Waals surface area contributed by atoms with Gasteiger partial charge in [-0.25, -0.2) is 4.98 Å². The van der Waals surface area contributed by atoms with Crippen molar-refractivity contribution in [2.24, 2.45) is 0 Å². The topological polar surface area (TPSA) is 88.5 Å². The predicted octanol–water partition coefficient (Wildman–Crippen LogP) is 2.25. The zero-order valence-electron chi connectivity index (χ0n) is 17.9. The molecule has 2 amide bonds. The summed E-state index contributed by atoms with van der Waals surface area (Å²) >= 11 is 0. The van der Waals surface area contributed by atoms with Gasteiger partial charge in [-0.3, -0.25) is 19.6 Å². The largest absolute Gasteiger partial charge is 0.368 e. The molecule has 0 unspecified atom stereocenters. The van der Waals surface area contributed by atoms with Gasteiger partial charge in [-0.05, 0) is 24.6 Å². The summed E-state index contributed by atoms with van der Waals surface area (Å²) in [4.78, 5) is 42.0. The average Bonchev–Trinajstić information content (AvgIpc) is 2.98. The van der Waals surface area contributed by atoms with Crippen LogP contribution in [0.3, 0.4) is 0 Å². The highest BCUT2D eigenvalue weighted by Crippen LogP contribution is 2.15. The van der Waals surface area contributed by atoms with Gasteiger partial charge in [-0.1, -0.05) is 36.4 Å². The molecule has 4 rings (SSSR count). The number of carbonyl (C=O) groups is 2. The van der Waals surface area contributed by atoms with E-state index in [9.17, 15) is 9.59 Å². The third kappa shape index (κ3) is 5.53. The Balaban J connectivity index is 1.53. The van der Waals surface area contributed by atoms with E-state index in [2.05, 4.69) is 15.0 Å². The first-order chi connectivity index (χ1) is 15.6. The molecule has 1 aromatic carbocycles. The van der Waals surface area contributed by atoms with Gasteiger partial charge in [0.15, 0.2) is 0 Å². The number of aromatic nitrogens is 3. The Morgan fingerprint density at radius 3 is 2.56 bits per heavy atom. The van der Waals surface area contributed by atoms with Crippen LogP contribution < -0.4 is 0 Å². The van der Waals surface area contributed by atoms with Crippen molar-refractivity contribution < 1.29 is 14.3 Å². The minimum absolute atomic E-state index is 0.0370. The Hall–Kier alpha value is -3.65. The Morgan fingerprint density at radius 2 is 1.84 bits per heavy atom. The number of rotatable bonds is 6. The molecule has 3 heterocycles. The summed E-state index contributed by atoms with van der Waals surface area (Å²) in [7, 11) is 0. The van der Waals surface area contributed by atoms with Gasteiger partial charge in [0.2, 0.25) is 5.91 Å². The maximum absolute atomic E-state index is 13.1. The Bertz CT molecular complexity index is 1040. The molecule has 1 fully saturated rings. The highest BCUT2D eigenvalue weighted by Gasteiger charge is 2.32. The smallest absolute Gasteiger partial charge is 0.274 e. The quantitative estimate of drug-likeness (QED) is 0.595. The van der Waals surface area contributed by atoms with Crippen molar-refractivity contribution in [3.63, 3.8) is 0 Å². The Labute approximate surface area is 186 Å². The standard InChI is InChI=1S/C24H25N5O3/c1-18-11-27-22(12-26-18)24(31)29-15-21(32-17-20-9-5-6-10-25-20)14-28(23(30)16-29)13-19-7-3-2-4-8-19/h2-12,21H,13-17H2,1H3/t21-/m0/s1. The van der Waals surface area contributed by atoms with Gasteiger partial charge < -0.3 is 14.5 Å². The second kappa shape index (κ2) is 10.1. The first kappa shape index (κ1) is 21.6. The maximum Gasteiger partial charge on any atom is 0.274 e. The minimum Gasteiger partial charge on any atom is -0.368 e. The first-order valence-corrected chi connectivity index (χ1v) is 10.5. The fourth-order valence-electron chi connectivity index (χ4n) is 3.55. The molecule has 3 aromatic rings. The van der Waals surface area contributed by atoms with E-state index in [0.29, 0.717) is 19.7 Å². The van der Waals surface area contributed by atoms with Crippen LogP contribution in [0.1, 0.15) is 27.4 Å². The van der Waals surface area contributed by atoms with Crippen molar-refractivity contribution >= 4 is 11.8 Å². The summed E-state index contributed by atoms with van der Waals surface area (Å²) in [6.45, 7) is 3.17. The second-order valence-corrected chi connectivity index (χ2v) is 7.74. The molecule has 0 bridgehead atoms.